The predicted octanol–water partition coefficient (Wildman–Crippen LogP) is 2.63. The van der Waals surface area contributed by atoms with Crippen LogP contribution in [0.15, 0.2) is 54.1 Å². The molecule has 0 amide bonds. The second-order valence-electron chi connectivity index (χ2n) is 5.50. The van der Waals surface area contributed by atoms with Crippen LogP contribution in [-0.4, -0.2) is 11.8 Å². The fourth-order valence-electron chi connectivity index (χ4n) is 3.19. The van der Waals surface area contributed by atoms with Crippen LogP contribution < -0.4 is 4.99 Å². The van der Waals surface area contributed by atoms with Gasteiger partial charge in [0.05, 0.1) is 5.92 Å². The molecule has 1 aromatic carbocycles. The molecule has 0 bridgehead atoms. The zero-order valence-corrected chi connectivity index (χ0v) is 11.6. The Kier molecular flexibility index (Phi) is 3.63. The summed E-state index contributed by atoms with van der Waals surface area (Å²) in [7, 11) is 0. The molecule has 1 aliphatic heterocycles. The lowest BCUT2D eigenvalue weighted by Gasteiger charge is -2.09. The zero-order valence-electron chi connectivity index (χ0n) is 11.6. The molecule has 0 fully saturated rings. The molecule has 0 spiro atoms. The van der Waals surface area contributed by atoms with E-state index in [1.54, 1.807) is 0 Å². The van der Waals surface area contributed by atoms with Crippen molar-refractivity contribution in [1.82, 2.24) is 0 Å². The second-order valence-corrected chi connectivity index (χ2v) is 5.50. The summed E-state index contributed by atoms with van der Waals surface area (Å²) < 4.78 is 0. The maximum absolute atomic E-state index is 3.78. The van der Waals surface area contributed by atoms with Gasteiger partial charge < -0.3 is 0 Å². The first kappa shape index (κ1) is 12.4. The van der Waals surface area contributed by atoms with Gasteiger partial charge in [-0.3, -0.25) is 0 Å². The number of hydrogen-bond donors (Lipinski definition) is 1. The Bertz CT molecular complexity index is 522. The van der Waals surface area contributed by atoms with E-state index in [0.717, 1.165) is 0 Å². The zero-order chi connectivity index (χ0) is 13.1. The topological polar surface area (TPSA) is 14.0 Å². The second kappa shape index (κ2) is 5.56. The molecule has 1 heterocycles. The van der Waals surface area contributed by atoms with E-state index in [1.807, 2.05) is 0 Å². The van der Waals surface area contributed by atoms with E-state index in [1.165, 1.54) is 42.5 Å². The van der Waals surface area contributed by atoms with Crippen LogP contribution in [0.25, 0.3) is 0 Å². The van der Waals surface area contributed by atoms with Gasteiger partial charge in [0.25, 0.3) is 0 Å². The summed E-state index contributed by atoms with van der Waals surface area (Å²) in [5.74, 6) is 0.670. The van der Waals surface area contributed by atoms with Gasteiger partial charge in [-0.15, -0.1) is 0 Å². The maximum atomic E-state index is 3.78. The van der Waals surface area contributed by atoms with Crippen LogP contribution in [0.5, 0.6) is 0 Å². The molecule has 0 aromatic heterocycles. The molecule has 2 unspecified atom stereocenters. The fourth-order valence-corrected chi connectivity index (χ4v) is 3.19. The predicted molar refractivity (Wildman–Crippen MR) is 80.2 cm³/mol. The Hall–Kier alpha value is -1.63. The van der Waals surface area contributed by atoms with Crippen LogP contribution in [0, 0.1) is 5.92 Å². The van der Waals surface area contributed by atoms with Gasteiger partial charge in [-0.05, 0) is 31.4 Å². The molecule has 98 valence electrons. The first-order valence-corrected chi connectivity index (χ1v) is 7.44. The molecule has 1 N–H and O–H groups in total. The highest BCUT2D eigenvalue weighted by atomic mass is 14.8. The molecule has 3 rings (SSSR count). The van der Waals surface area contributed by atoms with Crippen molar-refractivity contribution < 1.29 is 4.99 Å². The van der Waals surface area contributed by atoms with Crippen LogP contribution in [0.2, 0.25) is 0 Å². The van der Waals surface area contributed by atoms with Crippen LogP contribution in [0.3, 0.4) is 0 Å². The summed E-state index contributed by atoms with van der Waals surface area (Å²) in [4.78, 5) is 3.78. The molecule has 2 aliphatic rings. The van der Waals surface area contributed by atoms with Crippen molar-refractivity contribution in [2.24, 2.45) is 5.92 Å². The van der Waals surface area contributed by atoms with E-state index in [9.17, 15) is 0 Å². The minimum atomic E-state index is 0.511. The molecule has 1 nitrogen and oxygen atoms in total. The van der Waals surface area contributed by atoms with Gasteiger partial charge in [0.2, 0.25) is 0 Å². The standard InChI is InChI=1S/C18H21N/c1-2-14-13-17(15-9-5-3-6-10-15)19-18(14)16-11-7-4-8-12-16/h4-5,7-12,14,17H,2-3,6,13H2,1H3/p+1. The van der Waals surface area contributed by atoms with Crippen LogP contribution >= 0.6 is 0 Å². The van der Waals surface area contributed by atoms with Gasteiger partial charge in [0.15, 0.2) is 11.8 Å². The van der Waals surface area contributed by atoms with Gasteiger partial charge in [-0.25, -0.2) is 4.99 Å². The summed E-state index contributed by atoms with van der Waals surface area (Å²) in [6.45, 7) is 2.29. The quantitative estimate of drug-likeness (QED) is 0.850. The summed E-state index contributed by atoms with van der Waals surface area (Å²) in [6, 6.07) is 11.3. The summed E-state index contributed by atoms with van der Waals surface area (Å²) >= 11 is 0. The lowest BCUT2D eigenvalue weighted by molar-refractivity contribution is -0.480. The van der Waals surface area contributed by atoms with Crippen molar-refractivity contribution in [2.45, 2.75) is 38.6 Å². The largest absolute Gasteiger partial charge is 0.238 e. The fraction of sp³-hybridized carbons (Fsp3) is 0.389. The number of hydrogen-bond acceptors (Lipinski definition) is 0. The average Bonchev–Trinajstić information content (AvgIpc) is 2.93. The summed E-state index contributed by atoms with van der Waals surface area (Å²) in [6.07, 6.45) is 11.9. The monoisotopic (exact) mass is 252 g/mol. The Morgan fingerprint density at radius 3 is 2.68 bits per heavy atom. The van der Waals surface area contributed by atoms with E-state index in [-0.39, 0.29) is 0 Å². The minimum Gasteiger partial charge on any atom is -0.238 e. The SMILES string of the molecule is CCC1CC(C2=CCCC=C2)[NH+]=C1c1ccccc1. The van der Waals surface area contributed by atoms with Gasteiger partial charge in [0, 0.05) is 17.6 Å². The lowest BCUT2D eigenvalue weighted by Crippen LogP contribution is -2.76. The van der Waals surface area contributed by atoms with E-state index in [0.29, 0.717) is 12.0 Å². The third kappa shape index (κ3) is 2.56. The molecule has 19 heavy (non-hydrogen) atoms. The molecule has 0 saturated carbocycles. The number of rotatable bonds is 3. The molecule has 1 heteroatoms. The van der Waals surface area contributed by atoms with Gasteiger partial charge in [-0.2, -0.15) is 0 Å². The van der Waals surface area contributed by atoms with Crippen LogP contribution in [0.4, 0.5) is 0 Å². The van der Waals surface area contributed by atoms with Crippen molar-refractivity contribution in [3.05, 3.63) is 59.7 Å². The normalized spacial score (nSPS) is 26.2. The van der Waals surface area contributed by atoms with Crippen LogP contribution in [-0.2, 0) is 0 Å². The number of allylic oxidation sites excluding steroid dienone is 2. The highest BCUT2D eigenvalue weighted by Crippen LogP contribution is 2.23. The molecule has 1 aromatic rings. The highest BCUT2D eigenvalue weighted by molar-refractivity contribution is 5.98. The first-order valence-electron chi connectivity index (χ1n) is 7.44. The van der Waals surface area contributed by atoms with E-state index < -0.39 is 0 Å². The molecule has 0 saturated heterocycles. The van der Waals surface area contributed by atoms with Gasteiger partial charge in [0.1, 0.15) is 0 Å². The van der Waals surface area contributed by atoms with Crippen molar-refractivity contribution in [3.8, 4) is 0 Å². The smallest absolute Gasteiger partial charge is 0.185 e. The van der Waals surface area contributed by atoms with Crippen molar-refractivity contribution in [3.63, 3.8) is 0 Å². The number of nitrogens with one attached hydrogen (secondary N) is 1. The van der Waals surface area contributed by atoms with Crippen molar-refractivity contribution >= 4 is 5.71 Å². The Labute approximate surface area is 115 Å². The highest BCUT2D eigenvalue weighted by Gasteiger charge is 2.35. The Morgan fingerprint density at radius 1 is 1.16 bits per heavy atom. The van der Waals surface area contributed by atoms with E-state index in [2.05, 4.69) is 60.5 Å². The van der Waals surface area contributed by atoms with Crippen molar-refractivity contribution in [1.29, 1.82) is 0 Å². The molecular weight excluding hydrogens is 230 g/mol. The average molecular weight is 252 g/mol. The van der Waals surface area contributed by atoms with Gasteiger partial charge >= 0.3 is 0 Å². The van der Waals surface area contributed by atoms with Crippen molar-refractivity contribution in [2.75, 3.05) is 0 Å². The maximum Gasteiger partial charge on any atom is 0.185 e. The third-order valence-electron chi connectivity index (χ3n) is 4.26. The molecule has 2 atom stereocenters. The van der Waals surface area contributed by atoms with E-state index >= 15 is 0 Å². The Morgan fingerprint density at radius 2 is 2.00 bits per heavy atom. The summed E-state index contributed by atoms with van der Waals surface area (Å²) in [5.41, 5.74) is 4.28. The minimum absolute atomic E-state index is 0.511. The molecular formula is C18H22N+. The van der Waals surface area contributed by atoms with E-state index in [4.69, 9.17) is 0 Å². The third-order valence-corrected chi connectivity index (χ3v) is 4.26. The molecule has 1 aliphatic carbocycles. The lowest BCUT2D eigenvalue weighted by atomic mass is 9.90. The first-order chi connectivity index (χ1) is 9.38. The van der Waals surface area contributed by atoms with Crippen LogP contribution in [0.1, 0.15) is 38.2 Å². The Balaban J connectivity index is 1.89. The summed E-state index contributed by atoms with van der Waals surface area (Å²) in [5, 5.41) is 0. The molecule has 0 radical (unpaired) electrons. The van der Waals surface area contributed by atoms with Gasteiger partial charge in [-0.1, -0.05) is 43.4 Å². The number of benzene rings is 1.